The molecule has 1 aliphatic heterocycles. The Balaban J connectivity index is 2.51. The molecule has 0 amide bonds. The van der Waals surface area contributed by atoms with Crippen LogP contribution < -0.4 is 0 Å². The summed E-state index contributed by atoms with van der Waals surface area (Å²) in [6.07, 6.45) is 3.90. The van der Waals surface area contributed by atoms with Gasteiger partial charge in [-0.05, 0) is 35.5 Å². The van der Waals surface area contributed by atoms with Crippen molar-refractivity contribution >= 4 is 10.9 Å². The first-order chi connectivity index (χ1) is 4.49. The lowest BCUT2D eigenvalue weighted by Crippen LogP contribution is -2.28. The smallest absolute Gasteiger partial charge is 0.0204 e. The van der Waals surface area contributed by atoms with Gasteiger partial charge < -0.3 is 0 Å². The van der Waals surface area contributed by atoms with Gasteiger partial charge in [-0.2, -0.15) is 0 Å². The van der Waals surface area contributed by atoms with Gasteiger partial charge in [-0.3, -0.25) is 10.9 Å². The van der Waals surface area contributed by atoms with E-state index in [-0.39, 0.29) is 0 Å². The first-order valence-electron chi connectivity index (χ1n) is 4.18. The molecule has 0 aromatic carbocycles. The third-order valence-corrected chi connectivity index (χ3v) is 4.86. The van der Waals surface area contributed by atoms with Gasteiger partial charge in [0.25, 0.3) is 0 Å². The van der Waals surface area contributed by atoms with Crippen molar-refractivity contribution in [3.8, 4) is 0 Å². The van der Waals surface area contributed by atoms with E-state index >= 15 is 0 Å². The Morgan fingerprint density at radius 2 is 2.00 bits per heavy atom. The first-order valence-corrected chi connectivity index (χ1v) is 6.34. The van der Waals surface area contributed by atoms with Crippen LogP contribution >= 0.6 is 10.9 Å². The average molecular weight is 160 g/mol. The molecule has 1 fully saturated rings. The molecule has 1 heterocycles. The minimum atomic E-state index is 0.381. The molecule has 0 aromatic heterocycles. The van der Waals surface area contributed by atoms with E-state index in [1.165, 1.54) is 17.9 Å². The maximum absolute atomic E-state index is 2.45. The van der Waals surface area contributed by atoms with Gasteiger partial charge in [0.05, 0.1) is 0 Å². The summed E-state index contributed by atoms with van der Waals surface area (Å²) < 4.78 is 0. The zero-order valence-electron chi connectivity index (χ0n) is 7.65. The fraction of sp³-hybridized carbons (Fsp3) is 1.00. The molecule has 0 radical (unpaired) electrons. The Labute approximate surface area is 67.7 Å². The van der Waals surface area contributed by atoms with Crippen molar-refractivity contribution in [2.75, 3.05) is 17.8 Å². The van der Waals surface area contributed by atoms with Crippen LogP contribution in [0.3, 0.4) is 0 Å². The molecule has 1 aliphatic rings. The highest BCUT2D eigenvalue weighted by atomic mass is 32.2. The van der Waals surface area contributed by atoms with Crippen LogP contribution in [0.5, 0.6) is 0 Å². The van der Waals surface area contributed by atoms with Crippen LogP contribution in [-0.2, 0) is 0 Å². The van der Waals surface area contributed by atoms with Crippen LogP contribution in [0, 0.1) is 11.3 Å². The zero-order chi connectivity index (χ0) is 7.78. The van der Waals surface area contributed by atoms with E-state index < -0.39 is 0 Å². The van der Waals surface area contributed by atoms with Gasteiger partial charge >= 0.3 is 0 Å². The maximum atomic E-state index is 2.45. The summed E-state index contributed by atoms with van der Waals surface area (Å²) in [7, 11) is 0.381. The normalized spacial score (nSPS) is 43.2. The monoisotopic (exact) mass is 160 g/mol. The average Bonchev–Trinajstić information content (AvgIpc) is 1.54. The van der Waals surface area contributed by atoms with Crippen molar-refractivity contribution in [2.24, 2.45) is 11.3 Å². The molecule has 0 aliphatic carbocycles. The van der Waals surface area contributed by atoms with E-state index in [2.05, 4.69) is 27.0 Å². The topological polar surface area (TPSA) is 0 Å². The van der Waals surface area contributed by atoms with Crippen molar-refractivity contribution in [3.63, 3.8) is 0 Å². The lowest BCUT2D eigenvalue weighted by molar-refractivity contribution is 0.317. The van der Waals surface area contributed by atoms with Crippen LogP contribution in [0.15, 0.2) is 0 Å². The summed E-state index contributed by atoms with van der Waals surface area (Å²) in [5, 5.41) is 0. The molecule has 1 heteroatoms. The van der Waals surface area contributed by atoms with Crippen molar-refractivity contribution < 1.29 is 0 Å². The number of hydrogen-bond donors (Lipinski definition) is 1. The Morgan fingerprint density at radius 3 is 2.40 bits per heavy atom. The molecule has 0 aromatic rings. The maximum Gasteiger partial charge on any atom is -0.0204 e. The van der Waals surface area contributed by atoms with Gasteiger partial charge in [-0.1, -0.05) is 20.8 Å². The summed E-state index contributed by atoms with van der Waals surface area (Å²) >= 11 is 0. The van der Waals surface area contributed by atoms with Crippen molar-refractivity contribution in [2.45, 2.75) is 27.2 Å². The van der Waals surface area contributed by atoms with Gasteiger partial charge in [-0.25, -0.2) is 0 Å². The van der Waals surface area contributed by atoms with Crippen molar-refractivity contribution in [1.82, 2.24) is 0 Å². The minimum Gasteiger partial charge on any atom is -0.256 e. The minimum absolute atomic E-state index is 0.381. The first kappa shape index (κ1) is 8.45. The van der Waals surface area contributed by atoms with Gasteiger partial charge in [0.2, 0.25) is 0 Å². The summed E-state index contributed by atoms with van der Waals surface area (Å²) in [4.78, 5) is 0. The Hall–Kier alpha value is 0.350. The van der Waals surface area contributed by atoms with E-state index in [9.17, 15) is 0 Å². The van der Waals surface area contributed by atoms with Gasteiger partial charge in [0.1, 0.15) is 0 Å². The third-order valence-electron chi connectivity index (χ3n) is 2.22. The molecule has 2 unspecified atom stereocenters. The molecule has 1 rings (SSSR count). The Morgan fingerprint density at radius 1 is 1.40 bits per heavy atom. The van der Waals surface area contributed by atoms with E-state index in [0.29, 0.717) is 16.3 Å². The SMILES string of the molecule is CC1C[SH](C)CC(C)(C)C1. The van der Waals surface area contributed by atoms with E-state index in [0.717, 1.165) is 5.92 Å². The number of rotatable bonds is 0. The molecule has 0 nitrogen and oxygen atoms in total. The second-order valence-corrected chi connectivity index (χ2v) is 7.06. The Kier molecular flexibility index (Phi) is 2.34. The van der Waals surface area contributed by atoms with Crippen LogP contribution in [0.25, 0.3) is 0 Å². The van der Waals surface area contributed by atoms with Gasteiger partial charge in [0, 0.05) is 0 Å². The molecule has 1 saturated heterocycles. The lowest BCUT2D eigenvalue weighted by Gasteiger charge is -2.39. The van der Waals surface area contributed by atoms with E-state index in [4.69, 9.17) is 0 Å². The zero-order valence-corrected chi connectivity index (χ0v) is 8.54. The van der Waals surface area contributed by atoms with E-state index in [1.54, 1.807) is 0 Å². The second kappa shape index (κ2) is 2.77. The molecule has 0 bridgehead atoms. The van der Waals surface area contributed by atoms with Crippen LogP contribution in [0.4, 0.5) is 0 Å². The summed E-state index contributed by atoms with van der Waals surface area (Å²) in [5.41, 5.74) is 0.651. The lowest BCUT2D eigenvalue weighted by atomic mass is 9.85. The summed E-state index contributed by atoms with van der Waals surface area (Å²) in [6.45, 7) is 7.24. The van der Waals surface area contributed by atoms with Gasteiger partial charge in [0.15, 0.2) is 0 Å². The van der Waals surface area contributed by atoms with Gasteiger partial charge in [-0.15, -0.1) is 0 Å². The largest absolute Gasteiger partial charge is 0.256 e. The highest BCUT2D eigenvalue weighted by Crippen LogP contribution is 2.42. The highest BCUT2D eigenvalue weighted by Gasteiger charge is 2.27. The molecule has 10 heavy (non-hydrogen) atoms. The number of hydrogen-bond acceptors (Lipinski definition) is 0. The summed E-state index contributed by atoms with van der Waals surface area (Å²) in [6, 6.07) is 0. The van der Waals surface area contributed by atoms with Crippen LogP contribution in [0.2, 0.25) is 0 Å². The number of thiol groups is 1. The quantitative estimate of drug-likeness (QED) is 0.518. The fourth-order valence-corrected chi connectivity index (χ4v) is 5.31. The third kappa shape index (κ3) is 2.19. The predicted octanol–water partition coefficient (Wildman–Crippen LogP) is 2.68. The summed E-state index contributed by atoms with van der Waals surface area (Å²) in [5.74, 6) is 3.99. The molecular formula is C9H20S. The molecule has 0 N–H and O–H groups in total. The molecule has 0 saturated carbocycles. The van der Waals surface area contributed by atoms with Crippen molar-refractivity contribution in [3.05, 3.63) is 0 Å². The molecule has 0 spiro atoms. The van der Waals surface area contributed by atoms with Crippen LogP contribution in [-0.4, -0.2) is 17.8 Å². The molecule has 2 atom stereocenters. The predicted molar refractivity (Wildman–Crippen MR) is 52.2 cm³/mol. The van der Waals surface area contributed by atoms with Crippen molar-refractivity contribution in [1.29, 1.82) is 0 Å². The molecule has 62 valence electrons. The highest BCUT2D eigenvalue weighted by molar-refractivity contribution is 8.16. The fourth-order valence-electron chi connectivity index (χ4n) is 2.40. The van der Waals surface area contributed by atoms with E-state index in [1.807, 2.05) is 0 Å². The van der Waals surface area contributed by atoms with Crippen LogP contribution in [0.1, 0.15) is 27.2 Å². The second-order valence-electron chi connectivity index (χ2n) is 4.67. The molecular weight excluding hydrogens is 140 g/mol. The standard InChI is InChI=1S/C9H20S/c1-8-5-9(2,3)7-10(4)6-8/h8,10H,5-7H2,1-4H3. The Bertz CT molecular complexity index is 106.